The standard InChI is InChI=1S/C5H5NO2/c7-5-6-3-1-2-4(3)8-5/h1-2H2,(H,6,7). The molecule has 0 fully saturated rings. The summed E-state index contributed by atoms with van der Waals surface area (Å²) in [7, 11) is 0. The maximum Gasteiger partial charge on any atom is 0.416 e. The van der Waals surface area contributed by atoms with E-state index in [1.165, 1.54) is 0 Å². The second-order valence-corrected chi connectivity index (χ2v) is 1.92. The molecule has 0 saturated carbocycles. The summed E-state index contributed by atoms with van der Waals surface area (Å²) in [4.78, 5) is 12.9. The van der Waals surface area contributed by atoms with Crippen LogP contribution in [0.5, 0.6) is 0 Å². The second-order valence-electron chi connectivity index (χ2n) is 1.92. The summed E-state index contributed by atoms with van der Waals surface area (Å²) in [6.45, 7) is 0. The first-order chi connectivity index (χ1) is 3.86. The van der Waals surface area contributed by atoms with Crippen molar-refractivity contribution in [2.45, 2.75) is 12.8 Å². The van der Waals surface area contributed by atoms with Crippen LogP contribution in [0, 0.1) is 0 Å². The van der Waals surface area contributed by atoms with E-state index in [0.717, 1.165) is 24.3 Å². The second kappa shape index (κ2) is 1.05. The molecule has 0 bridgehead atoms. The van der Waals surface area contributed by atoms with Crippen LogP contribution < -0.4 is 5.76 Å². The molecule has 1 aromatic rings. The molecule has 1 N–H and O–H groups in total. The summed E-state index contributed by atoms with van der Waals surface area (Å²) in [5, 5.41) is 0. The summed E-state index contributed by atoms with van der Waals surface area (Å²) in [6, 6.07) is 0. The molecule has 0 spiro atoms. The third-order valence-electron chi connectivity index (χ3n) is 1.41. The quantitative estimate of drug-likeness (QED) is 0.514. The fourth-order valence-electron chi connectivity index (χ4n) is 0.858. The average Bonchev–Trinajstić information content (AvgIpc) is 1.91. The van der Waals surface area contributed by atoms with Gasteiger partial charge < -0.3 is 4.42 Å². The molecule has 42 valence electrons. The summed E-state index contributed by atoms with van der Waals surface area (Å²) in [5.41, 5.74) is 0.981. The minimum absolute atomic E-state index is 0.312. The molecule has 1 aliphatic rings. The predicted octanol–water partition coefficient (Wildman–Crippen LogP) is 0.0665. The summed E-state index contributed by atoms with van der Waals surface area (Å²) >= 11 is 0. The first-order valence-corrected chi connectivity index (χ1v) is 2.57. The van der Waals surface area contributed by atoms with Crippen LogP contribution in [-0.4, -0.2) is 4.98 Å². The van der Waals surface area contributed by atoms with Gasteiger partial charge in [-0.05, 0) is 6.42 Å². The Labute approximate surface area is 45.3 Å². The minimum atomic E-state index is -0.312. The fourth-order valence-corrected chi connectivity index (χ4v) is 0.858. The summed E-state index contributed by atoms with van der Waals surface area (Å²) in [6.07, 6.45) is 1.90. The van der Waals surface area contributed by atoms with Crippen molar-refractivity contribution in [3.05, 3.63) is 22.0 Å². The van der Waals surface area contributed by atoms with Crippen molar-refractivity contribution < 1.29 is 4.42 Å². The molecule has 0 aliphatic heterocycles. The first kappa shape index (κ1) is 3.95. The van der Waals surface area contributed by atoms with Gasteiger partial charge in [-0.2, -0.15) is 0 Å². The molecule has 0 unspecified atom stereocenters. The Kier molecular flexibility index (Phi) is 0.516. The third kappa shape index (κ3) is 0.314. The number of hydrogen-bond acceptors (Lipinski definition) is 2. The molecule has 1 aromatic heterocycles. The lowest BCUT2D eigenvalue weighted by molar-refractivity contribution is 0.451. The maximum absolute atomic E-state index is 10.3. The number of oxazole rings is 1. The van der Waals surface area contributed by atoms with Crippen molar-refractivity contribution in [3.63, 3.8) is 0 Å². The van der Waals surface area contributed by atoms with Gasteiger partial charge in [0.1, 0.15) is 5.76 Å². The Balaban J connectivity index is 2.78. The van der Waals surface area contributed by atoms with Crippen molar-refractivity contribution in [1.29, 1.82) is 0 Å². The van der Waals surface area contributed by atoms with Gasteiger partial charge in [-0.3, -0.25) is 4.98 Å². The van der Waals surface area contributed by atoms with Crippen LogP contribution in [0.25, 0.3) is 0 Å². The zero-order valence-corrected chi connectivity index (χ0v) is 4.23. The Morgan fingerprint density at radius 2 is 2.38 bits per heavy atom. The Hall–Kier alpha value is -0.990. The molecule has 3 nitrogen and oxygen atoms in total. The Morgan fingerprint density at radius 1 is 1.50 bits per heavy atom. The topological polar surface area (TPSA) is 46.0 Å². The monoisotopic (exact) mass is 111 g/mol. The lowest BCUT2D eigenvalue weighted by atomic mass is 10.0. The van der Waals surface area contributed by atoms with Crippen molar-refractivity contribution in [2.24, 2.45) is 0 Å². The van der Waals surface area contributed by atoms with E-state index < -0.39 is 0 Å². The Morgan fingerprint density at radius 3 is 2.62 bits per heavy atom. The molecule has 0 aromatic carbocycles. The van der Waals surface area contributed by atoms with Crippen molar-refractivity contribution in [3.8, 4) is 0 Å². The average molecular weight is 111 g/mol. The lowest BCUT2D eigenvalue weighted by Gasteiger charge is -2.05. The van der Waals surface area contributed by atoms with E-state index in [1.54, 1.807) is 0 Å². The number of aromatic nitrogens is 1. The third-order valence-corrected chi connectivity index (χ3v) is 1.41. The largest absolute Gasteiger partial charge is 0.416 e. The number of fused-ring (bicyclic) bond motifs is 1. The van der Waals surface area contributed by atoms with Gasteiger partial charge >= 0.3 is 5.76 Å². The predicted molar refractivity (Wildman–Crippen MR) is 26.7 cm³/mol. The smallest absolute Gasteiger partial charge is 0.413 e. The first-order valence-electron chi connectivity index (χ1n) is 2.57. The SMILES string of the molecule is O=c1[nH]c2c(o1)CC2. The molecule has 3 heteroatoms. The van der Waals surface area contributed by atoms with Crippen molar-refractivity contribution in [2.75, 3.05) is 0 Å². The van der Waals surface area contributed by atoms with E-state index >= 15 is 0 Å². The molecule has 0 atom stereocenters. The van der Waals surface area contributed by atoms with E-state index in [9.17, 15) is 4.79 Å². The molecule has 0 amide bonds. The summed E-state index contributed by atoms with van der Waals surface area (Å²) in [5.74, 6) is 0.530. The molecule has 1 heterocycles. The highest BCUT2D eigenvalue weighted by molar-refractivity contribution is 5.17. The van der Waals surface area contributed by atoms with Crippen LogP contribution >= 0.6 is 0 Å². The van der Waals surface area contributed by atoms with E-state index in [0.29, 0.717) is 0 Å². The van der Waals surface area contributed by atoms with Crippen LogP contribution in [0.4, 0.5) is 0 Å². The molecule has 8 heavy (non-hydrogen) atoms. The minimum Gasteiger partial charge on any atom is -0.413 e. The maximum atomic E-state index is 10.3. The molecule has 1 aliphatic carbocycles. The van der Waals surface area contributed by atoms with Crippen LogP contribution in [-0.2, 0) is 12.8 Å². The van der Waals surface area contributed by atoms with Crippen LogP contribution in [0.2, 0.25) is 0 Å². The van der Waals surface area contributed by atoms with Crippen LogP contribution in [0.15, 0.2) is 9.21 Å². The lowest BCUT2D eigenvalue weighted by Crippen LogP contribution is -2.05. The van der Waals surface area contributed by atoms with Gasteiger partial charge in [-0.1, -0.05) is 0 Å². The number of aromatic amines is 1. The zero-order valence-electron chi connectivity index (χ0n) is 4.23. The molecule has 2 rings (SSSR count). The molecule has 0 saturated heterocycles. The highest BCUT2D eigenvalue weighted by Crippen LogP contribution is 2.17. The van der Waals surface area contributed by atoms with Crippen LogP contribution in [0.3, 0.4) is 0 Å². The number of hydrogen-bond donors (Lipinski definition) is 1. The van der Waals surface area contributed by atoms with Gasteiger partial charge in [-0.15, -0.1) is 0 Å². The molecular weight excluding hydrogens is 106 g/mol. The van der Waals surface area contributed by atoms with Crippen molar-refractivity contribution in [1.82, 2.24) is 4.98 Å². The number of nitrogens with one attached hydrogen (secondary N) is 1. The Bertz CT molecular complexity index is 233. The zero-order chi connectivity index (χ0) is 5.56. The number of aryl methyl sites for hydroxylation is 2. The van der Waals surface area contributed by atoms with E-state index in [1.807, 2.05) is 0 Å². The number of H-pyrrole nitrogens is 1. The van der Waals surface area contributed by atoms with Gasteiger partial charge in [-0.25, -0.2) is 4.79 Å². The van der Waals surface area contributed by atoms with Gasteiger partial charge in [0.15, 0.2) is 0 Å². The van der Waals surface area contributed by atoms with E-state index in [4.69, 9.17) is 0 Å². The highest BCUT2D eigenvalue weighted by atomic mass is 16.4. The van der Waals surface area contributed by atoms with Crippen molar-refractivity contribution >= 4 is 0 Å². The van der Waals surface area contributed by atoms with Gasteiger partial charge in [0.2, 0.25) is 0 Å². The normalized spacial score (nSPS) is 15.0. The van der Waals surface area contributed by atoms with Gasteiger partial charge in [0, 0.05) is 6.42 Å². The summed E-state index contributed by atoms with van der Waals surface area (Å²) < 4.78 is 4.69. The number of rotatable bonds is 0. The van der Waals surface area contributed by atoms with E-state index in [-0.39, 0.29) is 5.76 Å². The fraction of sp³-hybridized carbons (Fsp3) is 0.400. The molecular formula is C5H5NO2. The van der Waals surface area contributed by atoms with Gasteiger partial charge in [0.25, 0.3) is 0 Å². The molecule has 0 radical (unpaired) electrons. The van der Waals surface area contributed by atoms with Gasteiger partial charge in [0.05, 0.1) is 5.69 Å². The van der Waals surface area contributed by atoms with Crippen LogP contribution in [0.1, 0.15) is 11.5 Å². The van der Waals surface area contributed by atoms with E-state index in [2.05, 4.69) is 9.40 Å². The highest BCUT2D eigenvalue weighted by Gasteiger charge is 2.17.